The molecule has 0 aromatic heterocycles. The lowest BCUT2D eigenvalue weighted by Crippen LogP contribution is -2.50. The van der Waals surface area contributed by atoms with Crippen molar-refractivity contribution in [3.05, 3.63) is 0 Å². The highest BCUT2D eigenvalue weighted by Gasteiger charge is 2.28. The predicted octanol–water partition coefficient (Wildman–Crippen LogP) is 2.53. The number of carbonyl (C=O) groups is 1. The van der Waals surface area contributed by atoms with Gasteiger partial charge in [-0.05, 0) is 71.8 Å². The van der Waals surface area contributed by atoms with E-state index in [1.54, 1.807) is 0 Å². The Kier molecular flexibility index (Phi) is 6.09. The van der Waals surface area contributed by atoms with E-state index in [2.05, 4.69) is 5.32 Å². The third-order valence-electron chi connectivity index (χ3n) is 4.58. The standard InChI is InChI=1S/C17H32N2O3/c1-17(2,3)22-16(21)19-10-4-5-14(12-19)18-11-13-6-8-15(20)9-7-13/h13-15,18,20H,4-12H2,1-3H3. The van der Waals surface area contributed by atoms with Crippen molar-refractivity contribution in [2.45, 2.75) is 77.0 Å². The van der Waals surface area contributed by atoms with Crippen molar-refractivity contribution in [3.63, 3.8) is 0 Å². The van der Waals surface area contributed by atoms with E-state index >= 15 is 0 Å². The van der Waals surface area contributed by atoms with Crippen molar-refractivity contribution in [1.29, 1.82) is 0 Å². The molecule has 1 unspecified atom stereocenters. The number of piperidine rings is 1. The molecule has 0 spiro atoms. The molecule has 22 heavy (non-hydrogen) atoms. The van der Waals surface area contributed by atoms with Crippen LogP contribution >= 0.6 is 0 Å². The number of carbonyl (C=O) groups excluding carboxylic acids is 1. The van der Waals surface area contributed by atoms with Gasteiger partial charge in [-0.2, -0.15) is 0 Å². The zero-order valence-electron chi connectivity index (χ0n) is 14.3. The average Bonchev–Trinajstić information content (AvgIpc) is 2.45. The Balaban J connectivity index is 1.72. The van der Waals surface area contributed by atoms with E-state index in [1.165, 1.54) is 0 Å². The minimum atomic E-state index is -0.430. The van der Waals surface area contributed by atoms with Gasteiger partial charge in [0.15, 0.2) is 0 Å². The number of aliphatic hydroxyl groups excluding tert-OH is 1. The van der Waals surface area contributed by atoms with Crippen molar-refractivity contribution in [2.75, 3.05) is 19.6 Å². The molecule has 2 aliphatic rings. The lowest BCUT2D eigenvalue weighted by Gasteiger charge is -2.35. The molecule has 0 bridgehead atoms. The van der Waals surface area contributed by atoms with Crippen LogP contribution in [0.2, 0.25) is 0 Å². The van der Waals surface area contributed by atoms with Crippen LogP contribution in [0.5, 0.6) is 0 Å². The highest BCUT2D eigenvalue weighted by Crippen LogP contribution is 2.24. The van der Waals surface area contributed by atoms with Crippen LogP contribution in [0.1, 0.15) is 59.3 Å². The highest BCUT2D eigenvalue weighted by atomic mass is 16.6. The quantitative estimate of drug-likeness (QED) is 0.840. The summed E-state index contributed by atoms with van der Waals surface area (Å²) in [5.41, 5.74) is -0.430. The number of nitrogens with zero attached hydrogens (tertiary/aromatic N) is 1. The van der Waals surface area contributed by atoms with Crippen molar-refractivity contribution in [3.8, 4) is 0 Å². The van der Waals surface area contributed by atoms with Crippen LogP contribution in [0, 0.1) is 5.92 Å². The van der Waals surface area contributed by atoms with Crippen molar-refractivity contribution in [1.82, 2.24) is 10.2 Å². The van der Waals surface area contributed by atoms with E-state index in [4.69, 9.17) is 4.74 Å². The molecule has 0 radical (unpaired) electrons. The van der Waals surface area contributed by atoms with Crippen LogP contribution in [-0.4, -0.2) is 53.5 Å². The number of rotatable bonds is 3. The molecule has 0 aromatic rings. The summed E-state index contributed by atoms with van der Waals surface area (Å²) < 4.78 is 5.46. The first-order valence-electron chi connectivity index (χ1n) is 8.73. The SMILES string of the molecule is CC(C)(C)OC(=O)N1CCCC(NCC2CCC(O)CC2)C1. The van der Waals surface area contributed by atoms with Gasteiger partial charge in [0.2, 0.25) is 0 Å². The van der Waals surface area contributed by atoms with Crippen LogP contribution < -0.4 is 5.32 Å². The average molecular weight is 312 g/mol. The van der Waals surface area contributed by atoms with Gasteiger partial charge < -0.3 is 20.1 Å². The number of nitrogens with one attached hydrogen (secondary N) is 1. The van der Waals surface area contributed by atoms with Crippen molar-refractivity contribution >= 4 is 6.09 Å². The lowest BCUT2D eigenvalue weighted by molar-refractivity contribution is 0.0184. The zero-order chi connectivity index (χ0) is 16.2. The minimum absolute atomic E-state index is 0.0893. The molecule has 1 atom stereocenters. The van der Waals surface area contributed by atoms with E-state index in [-0.39, 0.29) is 12.2 Å². The van der Waals surface area contributed by atoms with E-state index in [9.17, 15) is 9.90 Å². The lowest BCUT2D eigenvalue weighted by atomic mass is 9.87. The van der Waals surface area contributed by atoms with Crippen molar-refractivity contribution < 1.29 is 14.6 Å². The number of hydrogen-bond acceptors (Lipinski definition) is 4. The molecule has 5 nitrogen and oxygen atoms in total. The summed E-state index contributed by atoms with van der Waals surface area (Å²) >= 11 is 0. The van der Waals surface area contributed by atoms with Gasteiger partial charge in [-0.15, -0.1) is 0 Å². The molecular formula is C17H32N2O3. The molecule has 1 saturated carbocycles. The molecule has 0 aromatic carbocycles. The summed E-state index contributed by atoms with van der Waals surface area (Å²) in [7, 11) is 0. The van der Waals surface area contributed by atoms with Crippen LogP contribution in [-0.2, 0) is 4.74 Å². The van der Waals surface area contributed by atoms with Crippen LogP contribution in [0.25, 0.3) is 0 Å². The van der Waals surface area contributed by atoms with Gasteiger partial charge in [-0.1, -0.05) is 0 Å². The van der Waals surface area contributed by atoms with E-state index in [0.29, 0.717) is 12.0 Å². The van der Waals surface area contributed by atoms with Gasteiger partial charge in [-0.25, -0.2) is 4.79 Å². The van der Waals surface area contributed by atoms with E-state index in [1.807, 2.05) is 25.7 Å². The Labute approximate surface area is 134 Å². The molecule has 5 heteroatoms. The topological polar surface area (TPSA) is 61.8 Å². The van der Waals surface area contributed by atoms with Crippen LogP contribution in [0.3, 0.4) is 0 Å². The number of ether oxygens (including phenoxy) is 1. The molecule has 1 amide bonds. The van der Waals surface area contributed by atoms with Crippen molar-refractivity contribution in [2.24, 2.45) is 5.92 Å². The molecular weight excluding hydrogens is 280 g/mol. The number of likely N-dealkylation sites (tertiary alicyclic amines) is 1. The summed E-state index contributed by atoms with van der Waals surface area (Å²) in [6.45, 7) is 8.25. The fourth-order valence-corrected chi connectivity index (χ4v) is 3.32. The summed E-state index contributed by atoms with van der Waals surface area (Å²) in [6.07, 6.45) is 5.94. The fraction of sp³-hybridized carbons (Fsp3) is 0.941. The molecule has 1 heterocycles. The predicted molar refractivity (Wildman–Crippen MR) is 86.8 cm³/mol. The first-order valence-corrected chi connectivity index (χ1v) is 8.73. The molecule has 1 aliphatic heterocycles. The Morgan fingerprint density at radius 1 is 1.23 bits per heavy atom. The molecule has 2 rings (SSSR count). The Morgan fingerprint density at radius 2 is 1.91 bits per heavy atom. The van der Waals surface area contributed by atoms with Gasteiger partial charge in [0.05, 0.1) is 6.10 Å². The van der Waals surface area contributed by atoms with Gasteiger partial charge in [-0.3, -0.25) is 0 Å². The first-order chi connectivity index (χ1) is 10.3. The molecule has 2 fully saturated rings. The smallest absolute Gasteiger partial charge is 0.410 e. The van der Waals surface area contributed by atoms with Gasteiger partial charge in [0.1, 0.15) is 5.60 Å². The Morgan fingerprint density at radius 3 is 2.55 bits per heavy atom. The number of hydrogen-bond donors (Lipinski definition) is 2. The number of amides is 1. The Hall–Kier alpha value is -0.810. The monoisotopic (exact) mass is 312 g/mol. The molecule has 128 valence electrons. The second-order valence-electron chi connectivity index (χ2n) is 7.85. The summed E-state index contributed by atoms with van der Waals surface area (Å²) in [5.74, 6) is 0.667. The normalized spacial score (nSPS) is 30.2. The van der Waals surface area contributed by atoms with E-state index < -0.39 is 5.60 Å². The second kappa shape index (κ2) is 7.64. The van der Waals surface area contributed by atoms with Crippen LogP contribution in [0.4, 0.5) is 4.79 Å². The Bertz CT molecular complexity index is 359. The minimum Gasteiger partial charge on any atom is -0.444 e. The molecule has 2 N–H and O–H groups in total. The van der Waals surface area contributed by atoms with Gasteiger partial charge in [0.25, 0.3) is 0 Å². The summed E-state index contributed by atoms with van der Waals surface area (Å²) in [6, 6.07) is 0.369. The maximum Gasteiger partial charge on any atom is 0.410 e. The van der Waals surface area contributed by atoms with Gasteiger partial charge >= 0.3 is 6.09 Å². The molecule has 1 saturated heterocycles. The summed E-state index contributed by atoms with van der Waals surface area (Å²) in [4.78, 5) is 14.0. The maximum absolute atomic E-state index is 12.1. The summed E-state index contributed by atoms with van der Waals surface area (Å²) in [5, 5.41) is 13.2. The fourth-order valence-electron chi connectivity index (χ4n) is 3.32. The second-order valence-corrected chi connectivity index (χ2v) is 7.85. The largest absolute Gasteiger partial charge is 0.444 e. The van der Waals surface area contributed by atoms with E-state index in [0.717, 1.165) is 58.2 Å². The van der Waals surface area contributed by atoms with Gasteiger partial charge in [0, 0.05) is 19.1 Å². The maximum atomic E-state index is 12.1. The molecule has 1 aliphatic carbocycles. The zero-order valence-corrected chi connectivity index (χ0v) is 14.3. The van der Waals surface area contributed by atoms with Crippen LogP contribution in [0.15, 0.2) is 0 Å². The number of aliphatic hydroxyl groups is 1. The third-order valence-corrected chi connectivity index (χ3v) is 4.58. The first kappa shape index (κ1) is 17.5. The third kappa shape index (κ3) is 5.76. The highest BCUT2D eigenvalue weighted by molar-refractivity contribution is 5.68.